The minimum absolute atomic E-state index is 0. The number of fused-ring (bicyclic) bond motifs is 2. The zero-order valence-electron chi connectivity index (χ0n) is 15.0. The molecule has 0 spiro atoms. The Morgan fingerprint density at radius 3 is 2.63 bits per heavy atom. The summed E-state index contributed by atoms with van der Waals surface area (Å²) >= 11 is 2.53. The summed E-state index contributed by atoms with van der Waals surface area (Å²) in [6.45, 7) is 3.45. The minimum Gasteiger partial charge on any atom is -0.548 e. The van der Waals surface area contributed by atoms with Crippen molar-refractivity contribution >= 4 is 51.5 Å². The fourth-order valence-corrected chi connectivity index (χ4v) is 6.51. The van der Waals surface area contributed by atoms with E-state index in [0.29, 0.717) is 4.88 Å². The maximum Gasteiger partial charge on any atom is 1.00 e. The second-order valence-electron chi connectivity index (χ2n) is 7.07. The molecule has 3 heterocycles. The Morgan fingerprint density at radius 2 is 1.96 bits per heavy atom. The average Bonchev–Trinajstić information content (AvgIpc) is 3.11. The number of hydrogen-bond acceptors (Lipinski definition) is 7. The number of carbonyl (C=O) groups is 3. The van der Waals surface area contributed by atoms with E-state index in [1.807, 2.05) is 23.6 Å². The summed E-state index contributed by atoms with van der Waals surface area (Å²) in [5.41, 5.74) is 0. The molecule has 6 nitrogen and oxygen atoms in total. The Labute approximate surface area is 206 Å². The van der Waals surface area contributed by atoms with Crippen molar-refractivity contribution in [2.75, 3.05) is 0 Å². The number of thioether (sulfide) groups is 1. The number of carboxylic acid groups (broad SMARTS) is 1. The van der Waals surface area contributed by atoms with Crippen molar-refractivity contribution in [3.8, 4) is 0 Å². The Kier molecular flexibility index (Phi) is 5.98. The third-order valence-corrected chi connectivity index (χ3v) is 7.67. The Hall–Kier alpha value is -0.264. The van der Waals surface area contributed by atoms with E-state index in [-0.39, 0.29) is 51.4 Å². The Balaban J connectivity index is 0.00000210. The van der Waals surface area contributed by atoms with E-state index >= 15 is 0 Å². The van der Waals surface area contributed by atoms with Gasteiger partial charge in [0.1, 0.15) is 12.0 Å². The molecule has 2 aromatic rings. The van der Waals surface area contributed by atoms with Gasteiger partial charge in [-0.1, -0.05) is 24.3 Å². The van der Waals surface area contributed by atoms with Gasteiger partial charge in [0.2, 0.25) is 11.7 Å². The number of amides is 1. The van der Waals surface area contributed by atoms with Crippen molar-refractivity contribution < 1.29 is 76.0 Å². The molecule has 27 heavy (non-hydrogen) atoms. The standard InChI is InChI=1S/C18H17NO5S2.K/c1-18(2)14(17(23)24)19-15(22)10(16(19)26-18)11(20)12(21)13-9-6-4-3-5-8(9)7-25-13;/h3-7,10-11,14,16,20H,1-2H3,(H,23,24);/q;+1/p-1/t10-,11+,14+,16-;/m1./s1. The van der Waals surface area contributed by atoms with Crippen LogP contribution in [-0.4, -0.2) is 49.9 Å². The van der Waals surface area contributed by atoms with Gasteiger partial charge in [0.25, 0.3) is 0 Å². The maximum absolute atomic E-state index is 12.8. The number of Topliss-reactive ketones (excluding diaryl/α,β-unsaturated/α-hetero) is 1. The first-order valence-corrected chi connectivity index (χ1v) is 9.89. The van der Waals surface area contributed by atoms with Gasteiger partial charge in [0.15, 0.2) is 0 Å². The zero-order valence-corrected chi connectivity index (χ0v) is 19.8. The zero-order chi connectivity index (χ0) is 18.8. The van der Waals surface area contributed by atoms with E-state index in [1.165, 1.54) is 28.0 Å². The van der Waals surface area contributed by atoms with Crippen LogP contribution in [0.3, 0.4) is 0 Å². The van der Waals surface area contributed by atoms with Crippen molar-refractivity contribution in [1.29, 1.82) is 0 Å². The normalized spacial score (nSPS) is 26.9. The Bertz CT molecular complexity index is 943. The molecule has 2 aliphatic rings. The first-order chi connectivity index (χ1) is 12.2. The summed E-state index contributed by atoms with van der Waals surface area (Å²) in [6.07, 6.45) is -1.49. The molecule has 2 saturated heterocycles. The van der Waals surface area contributed by atoms with Crippen molar-refractivity contribution in [3.05, 3.63) is 34.5 Å². The number of carboxylic acids is 1. The predicted molar refractivity (Wildman–Crippen MR) is 96.8 cm³/mol. The van der Waals surface area contributed by atoms with Gasteiger partial charge in [-0.05, 0) is 24.6 Å². The largest absolute Gasteiger partial charge is 1.00 e. The number of aliphatic hydroxyl groups excluding tert-OH is 1. The number of thiophene rings is 1. The summed E-state index contributed by atoms with van der Waals surface area (Å²) in [5.74, 6) is -3.26. The number of ketones is 1. The third kappa shape index (κ3) is 3.26. The van der Waals surface area contributed by atoms with E-state index in [1.54, 1.807) is 19.9 Å². The van der Waals surface area contributed by atoms with Crippen LogP contribution in [0.2, 0.25) is 0 Å². The van der Waals surface area contributed by atoms with Gasteiger partial charge in [0, 0.05) is 10.1 Å². The molecule has 1 amide bonds. The molecule has 4 rings (SSSR count). The SMILES string of the molecule is CC1(C)S[C@@H]2[C@H]([C@H](O)C(=O)c3scc4ccccc34)C(=O)N2[C@H]1C(=O)[O-].[K+]. The molecule has 1 aromatic carbocycles. The molecule has 2 aliphatic heterocycles. The third-order valence-electron chi connectivity index (χ3n) is 5.05. The molecule has 0 unspecified atom stereocenters. The molecular weight excluding hydrogens is 413 g/mol. The first kappa shape index (κ1) is 21.4. The second-order valence-corrected chi connectivity index (χ2v) is 9.72. The van der Waals surface area contributed by atoms with Crippen LogP contribution in [0.15, 0.2) is 29.6 Å². The summed E-state index contributed by atoms with van der Waals surface area (Å²) in [6, 6.07) is 6.30. The van der Waals surface area contributed by atoms with Gasteiger partial charge in [0.05, 0.1) is 22.3 Å². The van der Waals surface area contributed by atoms with Crippen LogP contribution >= 0.6 is 23.1 Å². The van der Waals surface area contributed by atoms with Crippen molar-refractivity contribution in [1.82, 2.24) is 4.90 Å². The summed E-state index contributed by atoms with van der Waals surface area (Å²) in [7, 11) is 0. The monoisotopic (exact) mass is 429 g/mol. The van der Waals surface area contributed by atoms with Crippen LogP contribution in [0.5, 0.6) is 0 Å². The van der Waals surface area contributed by atoms with Gasteiger partial charge in [-0.15, -0.1) is 23.1 Å². The van der Waals surface area contributed by atoms with Crippen molar-refractivity contribution in [3.63, 3.8) is 0 Å². The van der Waals surface area contributed by atoms with E-state index in [4.69, 9.17) is 0 Å². The van der Waals surface area contributed by atoms with Gasteiger partial charge >= 0.3 is 51.4 Å². The van der Waals surface area contributed by atoms with Crippen molar-refractivity contribution in [2.45, 2.75) is 36.1 Å². The predicted octanol–water partition coefficient (Wildman–Crippen LogP) is -2.12. The number of hydrogen-bond donors (Lipinski definition) is 1. The quantitative estimate of drug-likeness (QED) is 0.339. The fourth-order valence-electron chi connectivity index (χ4n) is 3.79. The van der Waals surface area contributed by atoms with Crippen LogP contribution < -0.4 is 56.5 Å². The molecule has 2 fully saturated rings. The fraction of sp³-hybridized carbons (Fsp3) is 0.389. The van der Waals surface area contributed by atoms with E-state index in [9.17, 15) is 24.6 Å². The number of β-lactam (4-membered cyclic amide) rings is 1. The number of aliphatic carboxylic acids is 1. The molecule has 1 N–H and O–H groups in total. The topological polar surface area (TPSA) is 97.7 Å². The van der Waals surface area contributed by atoms with Crippen LogP contribution in [0.25, 0.3) is 10.8 Å². The maximum atomic E-state index is 12.8. The minimum atomic E-state index is -1.49. The van der Waals surface area contributed by atoms with E-state index in [2.05, 4.69) is 0 Å². The second kappa shape index (κ2) is 7.53. The molecule has 4 atom stereocenters. The Morgan fingerprint density at radius 1 is 1.30 bits per heavy atom. The molecular formula is C18H16KNO5S2. The average molecular weight is 430 g/mol. The summed E-state index contributed by atoms with van der Waals surface area (Å²) in [4.78, 5) is 38.4. The molecule has 1 aromatic heterocycles. The smallest absolute Gasteiger partial charge is 0.548 e. The summed E-state index contributed by atoms with van der Waals surface area (Å²) < 4.78 is -0.744. The number of benzene rings is 1. The summed E-state index contributed by atoms with van der Waals surface area (Å²) in [5, 5.41) is 25.0. The van der Waals surface area contributed by atoms with Gasteiger partial charge in [-0.2, -0.15) is 0 Å². The van der Waals surface area contributed by atoms with E-state index < -0.39 is 45.8 Å². The van der Waals surface area contributed by atoms with Gasteiger partial charge in [-0.3, -0.25) is 9.59 Å². The van der Waals surface area contributed by atoms with Gasteiger partial charge in [-0.25, -0.2) is 0 Å². The van der Waals surface area contributed by atoms with Crippen LogP contribution in [0, 0.1) is 5.92 Å². The molecule has 136 valence electrons. The molecule has 0 bridgehead atoms. The number of carbonyl (C=O) groups excluding carboxylic acids is 3. The molecule has 0 aliphatic carbocycles. The van der Waals surface area contributed by atoms with Gasteiger partial charge < -0.3 is 19.9 Å². The number of aliphatic hydroxyl groups is 1. The molecule has 0 saturated carbocycles. The van der Waals surface area contributed by atoms with Crippen LogP contribution in [-0.2, 0) is 9.59 Å². The molecule has 9 heteroatoms. The van der Waals surface area contributed by atoms with Crippen LogP contribution in [0.4, 0.5) is 0 Å². The first-order valence-electron chi connectivity index (χ1n) is 8.13. The number of rotatable bonds is 4. The van der Waals surface area contributed by atoms with Crippen molar-refractivity contribution in [2.24, 2.45) is 5.92 Å². The number of nitrogens with zero attached hydrogens (tertiary/aromatic N) is 1. The van der Waals surface area contributed by atoms with E-state index in [0.717, 1.165) is 10.8 Å². The molecule has 0 radical (unpaired) electrons. The van der Waals surface area contributed by atoms with Crippen LogP contribution in [0.1, 0.15) is 23.5 Å².